The van der Waals surface area contributed by atoms with E-state index in [2.05, 4.69) is 289 Å². The lowest BCUT2D eigenvalue weighted by molar-refractivity contribution is 1.20. The molecule has 0 radical (unpaired) electrons. The minimum atomic E-state index is -2.76. The molecule has 0 bridgehead atoms. The molecule has 0 fully saturated rings. The smallest absolute Gasteiger partial charge is 0.179 e. The highest BCUT2D eigenvalue weighted by Gasteiger charge is 2.41. The molecule has 1 heterocycles. The van der Waals surface area contributed by atoms with Crippen LogP contribution in [-0.4, -0.2) is 12.6 Å². The summed E-state index contributed by atoms with van der Waals surface area (Å²) in [6.45, 7) is 0. The van der Waals surface area contributed by atoms with Crippen molar-refractivity contribution in [2.75, 3.05) is 4.90 Å². The summed E-state index contributed by atoms with van der Waals surface area (Å²) in [5.41, 5.74) is 9.22. The summed E-state index contributed by atoms with van der Waals surface area (Å²) < 4.78 is 2.49. The Hall–Kier alpha value is -8.76. The molecule has 0 N–H and O–H groups in total. The quantitative estimate of drug-likeness (QED) is 0.0796. The number of hydrogen-bond donors (Lipinski definition) is 0. The lowest BCUT2D eigenvalue weighted by Gasteiger charge is -2.35. The molecular formula is C66H46N2Si. The van der Waals surface area contributed by atoms with Crippen molar-refractivity contribution in [3.05, 3.63) is 279 Å². The second-order valence-corrected chi connectivity index (χ2v) is 21.8. The average molecular weight is 895 g/mol. The lowest BCUT2D eigenvalue weighted by Crippen LogP contribution is -2.74. The van der Waals surface area contributed by atoms with Crippen LogP contribution in [0.4, 0.5) is 17.1 Å². The number of fused-ring (bicyclic) bond motifs is 7. The zero-order chi connectivity index (χ0) is 45.7. The standard InChI is InChI=1S/C66H46N2Si/c1-4-23-52(24-5-1)69(53-25-6-2-7-26-53,54-27-8-3-9-28-54)55-44-42-51(43-45-55)67(50-40-38-48(39-41-50)57-34-18-22-47-20-10-12-29-56(47)57)63-36-19-37-64-66(63)61-33-16-17-35-62(61)68(64)65-46-49-21-11-13-30-58(49)59-31-14-15-32-60(59)65/h1-46H. The first-order chi connectivity index (χ1) is 34.3. The van der Waals surface area contributed by atoms with E-state index in [1.54, 1.807) is 0 Å². The summed E-state index contributed by atoms with van der Waals surface area (Å²) in [7, 11) is -2.76. The Kier molecular flexibility index (Phi) is 9.88. The van der Waals surface area contributed by atoms with E-state index in [0.29, 0.717) is 0 Å². The molecule has 0 saturated heterocycles. The molecule has 0 saturated carbocycles. The average Bonchev–Trinajstić information content (AvgIpc) is 3.77. The van der Waals surface area contributed by atoms with Gasteiger partial charge in [0.15, 0.2) is 8.07 Å². The van der Waals surface area contributed by atoms with Crippen molar-refractivity contribution in [3.8, 4) is 16.8 Å². The summed E-state index contributed by atoms with van der Waals surface area (Å²) in [6, 6.07) is 103. The van der Waals surface area contributed by atoms with E-state index in [9.17, 15) is 0 Å². The van der Waals surface area contributed by atoms with E-state index in [1.165, 1.54) is 86.2 Å². The maximum Gasteiger partial charge on any atom is 0.179 e. The molecule has 0 spiro atoms. The van der Waals surface area contributed by atoms with Crippen molar-refractivity contribution in [2.24, 2.45) is 0 Å². The fourth-order valence-electron chi connectivity index (χ4n) is 11.3. The molecule has 13 rings (SSSR count). The van der Waals surface area contributed by atoms with Gasteiger partial charge in [-0.1, -0.05) is 231 Å². The molecule has 13 aromatic rings. The fraction of sp³-hybridized carbons (Fsp3) is 0. The largest absolute Gasteiger partial charge is 0.310 e. The van der Waals surface area contributed by atoms with Gasteiger partial charge in [0.05, 0.1) is 22.4 Å². The topological polar surface area (TPSA) is 8.17 Å². The predicted octanol–water partition coefficient (Wildman–Crippen LogP) is 14.8. The molecular weight excluding hydrogens is 849 g/mol. The van der Waals surface area contributed by atoms with Gasteiger partial charge in [-0.25, -0.2) is 0 Å². The maximum atomic E-state index is 2.49. The first kappa shape index (κ1) is 40.5. The molecule has 0 amide bonds. The van der Waals surface area contributed by atoms with Crippen molar-refractivity contribution < 1.29 is 0 Å². The second kappa shape index (κ2) is 16.8. The maximum absolute atomic E-state index is 2.76. The number of anilines is 3. The van der Waals surface area contributed by atoms with Crippen LogP contribution in [0.3, 0.4) is 0 Å². The van der Waals surface area contributed by atoms with E-state index in [0.717, 1.165) is 22.6 Å². The third kappa shape index (κ3) is 6.62. The van der Waals surface area contributed by atoms with Gasteiger partial charge < -0.3 is 9.47 Å². The Labute approximate surface area is 403 Å². The summed E-state index contributed by atoms with van der Waals surface area (Å²) >= 11 is 0. The number of aromatic nitrogens is 1. The highest BCUT2D eigenvalue weighted by molar-refractivity contribution is 7.19. The van der Waals surface area contributed by atoms with Crippen molar-refractivity contribution in [2.45, 2.75) is 0 Å². The van der Waals surface area contributed by atoms with Gasteiger partial charge in [0.2, 0.25) is 0 Å². The molecule has 0 atom stereocenters. The van der Waals surface area contributed by atoms with Gasteiger partial charge in [-0.15, -0.1) is 0 Å². The molecule has 1 aromatic heterocycles. The highest BCUT2D eigenvalue weighted by atomic mass is 28.3. The molecule has 0 unspecified atom stereocenters. The number of benzene rings is 12. The van der Waals surface area contributed by atoms with Gasteiger partial charge in [0.25, 0.3) is 0 Å². The van der Waals surface area contributed by atoms with Crippen LogP contribution in [-0.2, 0) is 0 Å². The summed E-state index contributed by atoms with van der Waals surface area (Å²) in [4.78, 5) is 2.48. The van der Waals surface area contributed by atoms with E-state index < -0.39 is 8.07 Å². The Bertz CT molecular complexity index is 3890. The number of rotatable bonds is 9. The Balaban J connectivity index is 1.05. The van der Waals surface area contributed by atoms with Crippen LogP contribution in [0, 0.1) is 0 Å². The first-order valence-corrected chi connectivity index (χ1v) is 25.8. The van der Waals surface area contributed by atoms with Crippen LogP contribution in [0.15, 0.2) is 279 Å². The van der Waals surface area contributed by atoms with E-state index in [4.69, 9.17) is 0 Å². The van der Waals surface area contributed by atoms with Crippen molar-refractivity contribution in [1.29, 1.82) is 0 Å². The Morgan fingerprint density at radius 2 is 0.768 bits per heavy atom. The fourth-order valence-corrected chi connectivity index (χ4v) is 16.0. The predicted molar refractivity (Wildman–Crippen MR) is 297 cm³/mol. The van der Waals surface area contributed by atoms with Crippen LogP contribution in [0.5, 0.6) is 0 Å². The SMILES string of the molecule is c1ccc([Si](c2ccccc2)(c2ccccc2)c2ccc(N(c3ccc(-c4cccc5ccccc45)cc3)c3cccc4c3c3ccccc3n4-c3cc4ccccc4c4ccccc34)cc2)cc1. The first-order valence-electron chi connectivity index (χ1n) is 23.8. The monoisotopic (exact) mass is 894 g/mol. The summed E-state index contributed by atoms with van der Waals surface area (Å²) in [5.74, 6) is 0. The van der Waals surface area contributed by atoms with Gasteiger partial charge in [-0.05, 0) is 107 Å². The molecule has 12 aromatic carbocycles. The van der Waals surface area contributed by atoms with Crippen LogP contribution in [0.2, 0.25) is 0 Å². The van der Waals surface area contributed by atoms with Crippen LogP contribution in [0.1, 0.15) is 0 Å². The number of hydrogen-bond acceptors (Lipinski definition) is 1. The number of para-hydroxylation sites is 1. The minimum absolute atomic E-state index is 1.09. The third-order valence-electron chi connectivity index (χ3n) is 14.3. The van der Waals surface area contributed by atoms with Gasteiger partial charge in [0.1, 0.15) is 0 Å². The van der Waals surface area contributed by atoms with Gasteiger partial charge in [0, 0.05) is 27.5 Å². The highest BCUT2D eigenvalue weighted by Crippen LogP contribution is 2.45. The van der Waals surface area contributed by atoms with Gasteiger partial charge in [-0.3, -0.25) is 0 Å². The molecule has 69 heavy (non-hydrogen) atoms. The second-order valence-electron chi connectivity index (χ2n) is 18.0. The van der Waals surface area contributed by atoms with Crippen molar-refractivity contribution in [3.63, 3.8) is 0 Å². The Morgan fingerprint density at radius 1 is 0.304 bits per heavy atom. The van der Waals surface area contributed by atoms with Crippen LogP contribution >= 0.6 is 0 Å². The van der Waals surface area contributed by atoms with E-state index in [-0.39, 0.29) is 0 Å². The number of nitrogens with zero attached hydrogens (tertiary/aromatic N) is 2. The van der Waals surface area contributed by atoms with E-state index >= 15 is 0 Å². The van der Waals surface area contributed by atoms with Crippen LogP contribution in [0.25, 0.3) is 70.9 Å². The lowest BCUT2D eigenvalue weighted by atomic mass is 9.98. The van der Waals surface area contributed by atoms with Crippen molar-refractivity contribution in [1.82, 2.24) is 4.57 Å². The molecule has 0 aliphatic heterocycles. The summed E-state index contributed by atoms with van der Waals surface area (Å²) in [5, 5.41) is 15.3. The zero-order valence-corrected chi connectivity index (χ0v) is 39.0. The molecule has 0 aliphatic rings. The molecule has 3 heteroatoms. The van der Waals surface area contributed by atoms with Gasteiger partial charge in [-0.2, -0.15) is 0 Å². The van der Waals surface area contributed by atoms with Gasteiger partial charge >= 0.3 is 0 Å². The zero-order valence-electron chi connectivity index (χ0n) is 38.0. The Morgan fingerprint density at radius 3 is 1.42 bits per heavy atom. The van der Waals surface area contributed by atoms with E-state index in [1.807, 2.05) is 0 Å². The van der Waals surface area contributed by atoms with Crippen molar-refractivity contribution >= 4 is 100 Å². The molecule has 324 valence electrons. The third-order valence-corrected chi connectivity index (χ3v) is 19.1. The normalized spacial score (nSPS) is 11.8. The summed E-state index contributed by atoms with van der Waals surface area (Å²) in [6.07, 6.45) is 0. The van der Waals surface area contributed by atoms with Crippen LogP contribution < -0.4 is 25.6 Å². The minimum Gasteiger partial charge on any atom is -0.310 e. The molecule has 0 aliphatic carbocycles. The molecule has 2 nitrogen and oxygen atoms in total.